The van der Waals surface area contributed by atoms with Crippen molar-refractivity contribution in [2.75, 3.05) is 6.61 Å². The quantitative estimate of drug-likeness (QED) is 0.158. The van der Waals surface area contributed by atoms with Gasteiger partial charge >= 0.3 is 5.97 Å². The van der Waals surface area contributed by atoms with Gasteiger partial charge in [0.05, 0.1) is 17.1 Å². The Morgan fingerprint density at radius 1 is 0.929 bits per heavy atom. The number of unbranched alkanes of at least 4 members (excludes halogenated alkanes) is 11. The summed E-state index contributed by atoms with van der Waals surface area (Å²) in [5.41, 5.74) is 0.304. The minimum absolute atomic E-state index is 0.0157. The van der Waals surface area contributed by atoms with E-state index in [1.165, 1.54) is 76.0 Å². The molecule has 0 aliphatic carbocycles. The maximum absolute atomic E-state index is 12.1. The Bertz CT molecular complexity index is 615. The number of benzene rings is 1. The normalized spacial score (nSPS) is 11.9. The predicted molar refractivity (Wildman–Crippen MR) is 112 cm³/mol. The molecule has 0 saturated carbocycles. The van der Waals surface area contributed by atoms with Crippen molar-refractivity contribution in [2.45, 2.75) is 88.9 Å². The number of rotatable bonds is 16. The molecule has 28 heavy (non-hydrogen) atoms. The number of aldehydes is 1. The molecule has 5 nitrogen and oxygen atoms in total. The van der Waals surface area contributed by atoms with E-state index in [1.807, 2.05) is 0 Å². The van der Waals surface area contributed by atoms with Gasteiger partial charge in [-0.1, -0.05) is 77.6 Å². The van der Waals surface area contributed by atoms with E-state index in [4.69, 9.17) is 9.29 Å². The smallest absolute Gasteiger partial charge is 0.338 e. The number of hydrogen-bond acceptors (Lipinski definition) is 4. The van der Waals surface area contributed by atoms with Gasteiger partial charge in [0, 0.05) is 5.56 Å². The van der Waals surface area contributed by atoms with Gasteiger partial charge in [0.2, 0.25) is 0 Å². The summed E-state index contributed by atoms with van der Waals surface area (Å²) >= 11 is -2.25. The van der Waals surface area contributed by atoms with E-state index in [1.54, 1.807) is 0 Å². The average Bonchev–Trinajstić information content (AvgIpc) is 2.70. The van der Waals surface area contributed by atoms with Crippen LogP contribution >= 0.6 is 0 Å². The Balaban J connectivity index is 2.12. The highest BCUT2D eigenvalue weighted by molar-refractivity contribution is 7.79. The molecule has 0 spiro atoms. The van der Waals surface area contributed by atoms with Crippen molar-refractivity contribution in [1.82, 2.24) is 0 Å². The van der Waals surface area contributed by atoms with Crippen molar-refractivity contribution in [1.29, 1.82) is 0 Å². The molecule has 0 aliphatic heterocycles. The summed E-state index contributed by atoms with van der Waals surface area (Å²) in [5.74, 6) is -0.571. The lowest BCUT2D eigenvalue weighted by Crippen LogP contribution is -2.08. The molecular weight excluding hydrogens is 376 g/mol. The van der Waals surface area contributed by atoms with Gasteiger partial charge in [0.15, 0.2) is 11.1 Å². The Hall–Kier alpha value is -1.53. The van der Waals surface area contributed by atoms with Crippen LogP contribution in [0.25, 0.3) is 0 Å². The first-order chi connectivity index (χ1) is 13.6. The van der Waals surface area contributed by atoms with Gasteiger partial charge in [-0.3, -0.25) is 4.79 Å². The highest BCUT2D eigenvalue weighted by Gasteiger charge is 2.12. The van der Waals surface area contributed by atoms with Crippen LogP contribution in [0, 0.1) is 0 Å². The molecule has 1 unspecified atom stereocenters. The third-order valence-corrected chi connectivity index (χ3v) is 5.37. The molecule has 6 heteroatoms. The van der Waals surface area contributed by atoms with E-state index in [-0.39, 0.29) is 16.0 Å². The minimum atomic E-state index is -2.25. The summed E-state index contributed by atoms with van der Waals surface area (Å²) in [6, 6.07) is 3.94. The monoisotopic (exact) mass is 410 g/mol. The van der Waals surface area contributed by atoms with Crippen LogP contribution in [-0.2, 0) is 15.8 Å². The minimum Gasteiger partial charge on any atom is -0.462 e. The van der Waals surface area contributed by atoms with Gasteiger partial charge in [-0.2, -0.15) is 0 Å². The van der Waals surface area contributed by atoms with E-state index in [0.29, 0.717) is 12.9 Å². The standard InChI is InChI=1S/C22H34O5S/c1-2-3-4-5-6-7-8-9-10-11-12-13-14-27-22(24)20-15-19(18-23)16-21(17-20)28(25)26/h15-18H,2-14H2,1H3,(H,25,26). The zero-order valence-corrected chi connectivity index (χ0v) is 17.8. The lowest BCUT2D eigenvalue weighted by atomic mass is 10.1. The van der Waals surface area contributed by atoms with Crippen LogP contribution in [0.1, 0.15) is 105 Å². The van der Waals surface area contributed by atoms with Crippen LogP contribution in [0.2, 0.25) is 0 Å². The Kier molecular flexibility index (Phi) is 13.5. The van der Waals surface area contributed by atoms with Crippen LogP contribution in [-0.4, -0.2) is 27.6 Å². The summed E-state index contributed by atoms with van der Waals surface area (Å²) < 4.78 is 25.5. The summed E-state index contributed by atoms with van der Waals surface area (Å²) in [7, 11) is 0. The van der Waals surface area contributed by atoms with E-state index in [9.17, 15) is 13.8 Å². The summed E-state index contributed by atoms with van der Waals surface area (Å²) in [6.07, 6.45) is 15.4. The Labute approximate surface area is 171 Å². The number of ether oxygens (including phenoxy) is 1. The van der Waals surface area contributed by atoms with E-state index in [2.05, 4.69) is 6.92 Å². The second kappa shape index (κ2) is 15.4. The number of carbonyl (C=O) groups excluding carboxylic acids is 2. The fraction of sp³-hybridized carbons (Fsp3) is 0.636. The molecular formula is C22H34O5S. The van der Waals surface area contributed by atoms with Crippen molar-refractivity contribution in [3.8, 4) is 0 Å². The van der Waals surface area contributed by atoms with Gasteiger partial charge in [0.25, 0.3) is 0 Å². The fourth-order valence-corrected chi connectivity index (χ4v) is 3.56. The van der Waals surface area contributed by atoms with Crippen molar-refractivity contribution < 1.29 is 23.1 Å². The number of esters is 1. The third kappa shape index (κ3) is 10.7. The van der Waals surface area contributed by atoms with Gasteiger partial charge in [0.1, 0.15) is 6.29 Å². The third-order valence-electron chi connectivity index (χ3n) is 4.73. The topological polar surface area (TPSA) is 80.7 Å². The van der Waals surface area contributed by atoms with Crippen LogP contribution < -0.4 is 0 Å². The van der Waals surface area contributed by atoms with Gasteiger partial charge in [-0.15, -0.1) is 0 Å². The molecule has 158 valence electrons. The fourth-order valence-electron chi connectivity index (χ4n) is 3.10. The van der Waals surface area contributed by atoms with Gasteiger partial charge in [-0.25, -0.2) is 9.00 Å². The first-order valence-corrected chi connectivity index (χ1v) is 11.6. The predicted octanol–water partition coefficient (Wildman–Crippen LogP) is 5.94. The molecule has 0 amide bonds. The molecule has 1 aromatic carbocycles. The molecule has 1 aromatic rings. The van der Waals surface area contributed by atoms with Gasteiger partial charge < -0.3 is 9.29 Å². The SMILES string of the molecule is CCCCCCCCCCCCCCOC(=O)c1cc(C=O)cc(S(=O)O)c1. The van der Waals surface area contributed by atoms with Crippen molar-refractivity contribution in [2.24, 2.45) is 0 Å². The summed E-state index contributed by atoms with van der Waals surface area (Å²) in [4.78, 5) is 23.0. The maximum Gasteiger partial charge on any atom is 0.338 e. The first-order valence-electron chi connectivity index (χ1n) is 10.5. The highest BCUT2D eigenvalue weighted by Crippen LogP contribution is 2.14. The number of carbonyl (C=O) groups is 2. The molecule has 0 aromatic heterocycles. The lowest BCUT2D eigenvalue weighted by Gasteiger charge is -2.07. The van der Waals surface area contributed by atoms with Crippen LogP contribution in [0.3, 0.4) is 0 Å². The lowest BCUT2D eigenvalue weighted by molar-refractivity contribution is 0.0497. The second-order valence-electron chi connectivity index (χ2n) is 7.18. The maximum atomic E-state index is 12.1. The number of hydrogen-bond donors (Lipinski definition) is 1. The molecule has 0 bridgehead atoms. The Morgan fingerprint density at radius 3 is 1.96 bits per heavy atom. The van der Waals surface area contributed by atoms with E-state index in [0.717, 1.165) is 19.3 Å². The molecule has 0 fully saturated rings. The van der Waals surface area contributed by atoms with Gasteiger partial charge in [-0.05, 0) is 24.6 Å². The van der Waals surface area contributed by atoms with Crippen molar-refractivity contribution >= 4 is 23.3 Å². The van der Waals surface area contributed by atoms with E-state index < -0.39 is 17.0 Å². The largest absolute Gasteiger partial charge is 0.462 e. The molecule has 0 aliphatic rings. The molecule has 0 heterocycles. The first kappa shape index (κ1) is 24.5. The molecule has 1 atom stereocenters. The molecule has 1 N–H and O–H groups in total. The molecule has 0 saturated heterocycles. The van der Waals surface area contributed by atoms with E-state index >= 15 is 0 Å². The Morgan fingerprint density at radius 2 is 1.46 bits per heavy atom. The van der Waals surface area contributed by atoms with Crippen LogP contribution in [0.5, 0.6) is 0 Å². The van der Waals surface area contributed by atoms with Crippen LogP contribution in [0.4, 0.5) is 0 Å². The second-order valence-corrected chi connectivity index (χ2v) is 8.15. The highest BCUT2D eigenvalue weighted by atomic mass is 32.2. The summed E-state index contributed by atoms with van der Waals surface area (Å²) in [5, 5.41) is 0. The summed E-state index contributed by atoms with van der Waals surface area (Å²) in [6.45, 7) is 2.56. The zero-order valence-electron chi connectivity index (χ0n) is 17.0. The van der Waals surface area contributed by atoms with Crippen molar-refractivity contribution in [3.63, 3.8) is 0 Å². The zero-order chi connectivity index (χ0) is 20.6. The van der Waals surface area contributed by atoms with Crippen LogP contribution in [0.15, 0.2) is 23.1 Å². The average molecular weight is 411 g/mol. The molecule has 1 rings (SSSR count). The van der Waals surface area contributed by atoms with Crippen molar-refractivity contribution in [3.05, 3.63) is 29.3 Å². The molecule has 0 radical (unpaired) electrons.